The maximum atomic E-state index is 11.0. The first-order valence-electron chi connectivity index (χ1n) is 5.76. The molecule has 0 radical (unpaired) electrons. The van der Waals surface area contributed by atoms with Crippen LogP contribution in [0, 0.1) is 19.3 Å². The van der Waals surface area contributed by atoms with Crippen molar-refractivity contribution in [1.82, 2.24) is 0 Å². The van der Waals surface area contributed by atoms with E-state index in [1.165, 1.54) is 16.0 Å². The van der Waals surface area contributed by atoms with Gasteiger partial charge in [-0.1, -0.05) is 17.7 Å². The molecule has 0 saturated carbocycles. The van der Waals surface area contributed by atoms with Gasteiger partial charge in [0.2, 0.25) is 0 Å². The topological polar surface area (TPSA) is 37.3 Å². The minimum atomic E-state index is -0.723. The average molecular weight is 252 g/mol. The van der Waals surface area contributed by atoms with Crippen molar-refractivity contribution in [3.63, 3.8) is 0 Å². The molecule has 3 heteroatoms. The highest BCUT2D eigenvalue weighted by molar-refractivity contribution is 7.99. The van der Waals surface area contributed by atoms with Gasteiger partial charge < -0.3 is 5.11 Å². The number of carboxylic acid groups (broad SMARTS) is 1. The van der Waals surface area contributed by atoms with Gasteiger partial charge in [-0.3, -0.25) is 4.79 Å². The second-order valence-electron chi connectivity index (χ2n) is 5.06. The third-order valence-corrected chi connectivity index (χ3v) is 4.07. The summed E-state index contributed by atoms with van der Waals surface area (Å²) in [7, 11) is 0. The van der Waals surface area contributed by atoms with Crippen molar-refractivity contribution >= 4 is 17.7 Å². The van der Waals surface area contributed by atoms with Crippen LogP contribution in [-0.4, -0.2) is 16.8 Å². The van der Waals surface area contributed by atoms with Gasteiger partial charge in [0, 0.05) is 4.90 Å². The molecule has 0 amide bonds. The van der Waals surface area contributed by atoms with Crippen LogP contribution in [0.5, 0.6) is 0 Å². The summed E-state index contributed by atoms with van der Waals surface area (Å²) in [6, 6.07) is 6.37. The zero-order valence-corrected chi connectivity index (χ0v) is 11.7. The van der Waals surface area contributed by atoms with E-state index >= 15 is 0 Å². The van der Waals surface area contributed by atoms with E-state index in [4.69, 9.17) is 5.11 Å². The molecule has 1 aromatic carbocycles. The molecule has 1 aromatic rings. The fraction of sp³-hybridized carbons (Fsp3) is 0.500. The van der Waals surface area contributed by atoms with Crippen molar-refractivity contribution in [2.24, 2.45) is 5.41 Å². The Morgan fingerprint density at radius 1 is 1.35 bits per heavy atom. The molecule has 94 valence electrons. The standard InChI is InChI=1S/C14H20O2S/c1-10-5-6-11(2)12(9-10)17-8-7-14(3,4)13(15)16/h5-6,9H,7-8H2,1-4H3,(H,15,16). The smallest absolute Gasteiger partial charge is 0.309 e. The van der Waals surface area contributed by atoms with Crippen LogP contribution in [0.1, 0.15) is 31.4 Å². The first-order valence-corrected chi connectivity index (χ1v) is 6.75. The van der Waals surface area contributed by atoms with Crippen LogP contribution >= 0.6 is 11.8 Å². The Labute approximate surface area is 107 Å². The fourth-order valence-electron chi connectivity index (χ4n) is 1.39. The first kappa shape index (κ1) is 14.1. The van der Waals surface area contributed by atoms with Gasteiger partial charge in [0.05, 0.1) is 5.41 Å². The molecule has 1 rings (SSSR count). The quantitative estimate of drug-likeness (QED) is 0.808. The van der Waals surface area contributed by atoms with Crippen LogP contribution in [0.4, 0.5) is 0 Å². The number of hydrogen-bond donors (Lipinski definition) is 1. The predicted molar refractivity (Wildman–Crippen MR) is 72.7 cm³/mol. The zero-order chi connectivity index (χ0) is 13.1. The van der Waals surface area contributed by atoms with Crippen molar-refractivity contribution in [2.75, 3.05) is 5.75 Å². The molecule has 0 atom stereocenters. The second-order valence-corrected chi connectivity index (χ2v) is 6.19. The molecule has 17 heavy (non-hydrogen) atoms. The first-order chi connectivity index (χ1) is 7.83. The highest BCUT2D eigenvalue weighted by Crippen LogP contribution is 2.29. The number of carbonyl (C=O) groups is 1. The minimum Gasteiger partial charge on any atom is -0.481 e. The molecule has 2 nitrogen and oxygen atoms in total. The maximum Gasteiger partial charge on any atom is 0.309 e. The lowest BCUT2D eigenvalue weighted by atomic mass is 9.91. The predicted octanol–water partition coefficient (Wildman–Crippen LogP) is 3.90. The second kappa shape index (κ2) is 5.58. The molecule has 0 heterocycles. The molecule has 0 fully saturated rings. The van der Waals surface area contributed by atoms with E-state index in [2.05, 4.69) is 32.0 Å². The fourth-order valence-corrected chi connectivity index (χ4v) is 2.78. The molecule has 0 bridgehead atoms. The summed E-state index contributed by atoms with van der Waals surface area (Å²) in [6.07, 6.45) is 0.681. The molecule has 0 spiro atoms. The molecule has 0 aliphatic heterocycles. The Balaban J connectivity index is 2.57. The van der Waals surface area contributed by atoms with Crippen molar-refractivity contribution in [3.05, 3.63) is 29.3 Å². The Kier molecular flexibility index (Phi) is 4.63. The third-order valence-electron chi connectivity index (χ3n) is 2.91. The van der Waals surface area contributed by atoms with Crippen molar-refractivity contribution < 1.29 is 9.90 Å². The number of benzene rings is 1. The lowest BCUT2D eigenvalue weighted by Crippen LogP contribution is -2.24. The molecule has 0 aromatic heterocycles. The van der Waals surface area contributed by atoms with E-state index in [0.29, 0.717) is 6.42 Å². The van der Waals surface area contributed by atoms with E-state index in [1.54, 1.807) is 25.6 Å². The van der Waals surface area contributed by atoms with Crippen LogP contribution in [-0.2, 0) is 4.79 Å². The molecular weight excluding hydrogens is 232 g/mol. The highest BCUT2D eigenvalue weighted by atomic mass is 32.2. The highest BCUT2D eigenvalue weighted by Gasteiger charge is 2.26. The summed E-state index contributed by atoms with van der Waals surface area (Å²) in [5.74, 6) is 0.114. The monoisotopic (exact) mass is 252 g/mol. The number of aryl methyl sites for hydroxylation is 2. The van der Waals surface area contributed by atoms with Crippen LogP contribution in [0.25, 0.3) is 0 Å². The normalized spacial score (nSPS) is 11.5. The Hall–Kier alpha value is -0.960. The van der Waals surface area contributed by atoms with Gasteiger partial charge in [-0.15, -0.1) is 11.8 Å². The lowest BCUT2D eigenvalue weighted by Gasteiger charge is -2.18. The van der Waals surface area contributed by atoms with E-state index in [9.17, 15) is 4.79 Å². The molecular formula is C14H20O2S. The molecule has 0 aliphatic rings. The van der Waals surface area contributed by atoms with Gasteiger partial charge in [0.25, 0.3) is 0 Å². The van der Waals surface area contributed by atoms with Crippen LogP contribution in [0.15, 0.2) is 23.1 Å². The minimum absolute atomic E-state index is 0.634. The van der Waals surface area contributed by atoms with E-state index in [0.717, 1.165) is 5.75 Å². The van der Waals surface area contributed by atoms with Gasteiger partial charge in [0.1, 0.15) is 0 Å². The Bertz CT molecular complexity index is 411. The van der Waals surface area contributed by atoms with Crippen LogP contribution in [0.3, 0.4) is 0 Å². The largest absolute Gasteiger partial charge is 0.481 e. The SMILES string of the molecule is Cc1ccc(C)c(SCCC(C)(C)C(=O)O)c1. The van der Waals surface area contributed by atoms with E-state index in [1.807, 2.05) is 0 Å². The Morgan fingerprint density at radius 2 is 2.00 bits per heavy atom. The summed E-state index contributed by atoms with van der Waals surface area (Å²) in [6.45, 7) is 7.72. The van der Waals surface area contributed by atoms with E-state index < -0.39 is 11.4 Å². The Morgan fingerprint density at radius 3 is 2.59 bits per heavy atom. The summed E-state index contributed by atoms with van der Waals surface area (Å²) in [4.78, 5) is 12.2. The van der Waals surface area contributed by atoms with Gasteiger partial charge >= 0.3 is 5.97 Å². The number of thioether (sulfide) groups is 1. The average Bonchev–Trinajstić information content (AvgIpc) is 2.22. The van der Waals surface area contributed by atoms with Gasteiger partial charge in [-0.25, -0.2) is 0 Å². The van der Waals surface area contributed by atoms with Crippen LogP contribution in [0.2, 0.25) is 0 Å². The summed E-state index contributed by atoms with van der Waals surface area (Å²) in [5, 5.41) is 9.03. The molecule has 0 unspecified atom stereocenters. The number of carboxylic acids is 1. The third kappa shape index (κ3) is 4.08. The van der Waals surface area contributed by atoms with Gasteiger partial charge in [0.15, 0.2) is 0 Å². The van der Waals surface area contributed by atoms with Gasteiger partial charge in [-0.2, -0.15) is 0 Å². The van der Waals surface area contributed by atoms with Gasteiger partial charge in [-0.05, 0) is 51.5 Å². The van der Waals surface area contributed by atoms with E-state index in [-0.39, 0.29) is 0 Å². The summed E-state index contributed by atoms with van der Waals surface area (Å²) < 4.78 is 0. The number of aliphatic carboxylic acids is 1. The molecule has 1 N–H and O–H groups in total. The van der Waals surface area contributed by atoms with Crippen molar-refractivity contribution in [3.8, 4) is 0 Å². The molecule has 0 aliphatic carbocycles. The van der Waals surface area contributed by atoms with Crippen LogP contribution < -0.4 is 0 Å². The number of hydrogen-bond acceptors (Lipinski definition) is 2. The number of rotatable bonds is 5. The summed E-state index contributed by atoms with van der Waals surface area (Å²) in [5.41, 5.74) is 1.87. The lowest BCUT2D eigenvalue weighted by molar-refractivity contribution is -0.146. The molecule has 0 saturated heterocycles. The summed E-state index contributed by atoms with van der Waals surface area (Å²) >= 11 is 1.74. The van der Waals surface area contributed by atoms with Crippen molar-refractivity contribution in [1.29, 1.82) is 0 Å². The zero-order valence-electron chi connectivity index (χ0n) is 10.9. The maximum absolute atomic E-state index is 11.0. The van der Waals surface area contributed by atoms with Crippen molar-refractivity contribution in [2.45, 2.75) is 39.0 Å².